The zero-order valence-electron chi connectivity index (χ0n) is 11.1. The molecule has 1 aromatic heterocycles. The van der Waals surface area contributed by atoms with E-state index in [1.54, 1.807) is 0 Å². The fraction of sp³-hybridized carbons (Fsp3) is 0.357. The summed E-state index contributed by atoms with van der Waals surface area (Å²) in [6.07, 6.45) is 0. The number of aryl methyl sites for hydroxylation is 1. The molecule has 0 aliphatic rings. The first kappa shape index (κ1) is 14.1. The normalized spacial score (nSPS) is 10.7. The maximum absolute atomic E-state index is 5.67. The van der Waals surface area contributed by atoms with Gasteiger partial charge in [-0.3, -0.25) is 0 Å². The van der Waals surface area contributed by atoms with Crippen molar-refractivity contribution < 1.29 is 9.26 Å². The molecule has 0 bridgehead atoms. The van der Waals surface area contributed by atoms with Crippen molar-refractivity contribution in [1.82, 2.24) is 10.5 Å². The number of halogens is 1. The molecule has 0 amide bonds. The van der Waals surface area contributed by atoms with Crippen molar-refractivity contribution in [3.8, 4) is 5.75 Å². The van der Waals surface area contributed by atoms with Gasteiger partial charge < -0.3 is 14.6 Å². The first-order chi connectivity index (χ1) is 9.19. The molecule has 2 rings (SSSR count). The van der Waals surface area contributed by atoms with Crippen LogP contribution in [0.4, 0.5) is 0 Å². The number of aromatic nitrogens is 1. The minimum atomic E-state index is 0.389. The van der Waals surface area contributed by atoms with Crippen molar-refractivity contribution in [2.75, 3.05) is 6.54 Å². The van der Waals surface area contributed by atoms with Crippen LogP contribution >= 0.6 is 15.9 Å². The molecule has 102 valence electrons. The standard InChI is InChI=1S/C14H17BrN2O2/c1-3-16-8-11-7-13(19-17-11)9-18-12-4-5-14(15)10(2)6-12/h4-7,16H,3,8-9H2,1-2H3. The molecule has 5 heteroatoms. The Hall–Kier alpha value is -1.33. The molecule has 1 N–H and O–H groups in total. The van der Waals surface area contributed by atoms with Crippen LogP contribution in [0.25, 0.3) is 0 Å². The Labute approximate surface area is 121 Å². The second kappa shape index (κ2) is 6.73. The first-order valence-electron chi connectivity index (χ1n) is 6.23. The number of nitrogens with one attached hydrogen (secondary N) is 1. The maximum Gasteiger partial charge on any atom is 0.174 e. The number of hydrogen-bond acceptors (Lipinski definition) is 4. The number of nitrogens with zero attached hydrogens (tertiary/aromatic N) is 1. The van der Waals surface area contributed by atoms with Gasteiger partial charge in [0, 0.05) is 17.1 Å². The summed E-state index contributed by atoms with van der Waals surface area (Å²) in [4.78, 5) is 0. The van der Waals surface area contributed by atoms with E-state index in [-0.39, 0.29) is 0 Å². The van der Waals surface area contributed by atoms with Gasteiger partial charge in [0.1, 0.15) is 12.4 Å². The molecule has 0 aliphatic carbocycles. The molecule has 4 nitrogen and oxygen atoms in total. The van der Waals surface area contributed by atoms with Crippen molar-refractivity contribution in [3.05, 3.63) is 45.8 Å². The van der Waals surface area contributed by atoms with Crippen molar-refractivity contribution >= 4 is 15.9 Å². The second-order valence-corrected chi connectivity index (χ2v) is 5.12. The summed E-state index contributed by atoms with van der Waals surface area (Å²) < 4.78 is 12.0. The summed E-state index contributed by atoms with van der Waals surface area (Å²) in [6.45, 7) is 6.11. The van der Waals surface area contributed by atoms with Crippen LogP contribution < -0.4 is 10.1 Å². The lowest BCUT2D eigenvalue weighted by Crippen LogP contribution is -2.11. The minimum Gasteiger partial charge on any atom is -0.486 e. The molecule has 0 spiro atoms. The lowest BCUT2D eigenvalue weighted by molar-refractivity contribution is 0.248. The fourth-order valence-electron chi connectivity index (χ4n) is 1.62. The van der Waals surface area contributed by atoms with Gasteiger partial charge in [-0.05, 0) is 37.2 Å². The van der Waals surface area contributed by atoms with Gasteiger partial charge in [0.25, 0.3) is 0 Å². The SMILES string of the molecule is CCNCc1cc(COc2ccc(Br)c(C)c2)on1. The molecule has 0 saturated carbocycles. The highest BCUT2D eigenvalue weighted by molar-refractivity contribution is 9.10. The molecule has 1 heterocycles. The summed E-state index contributed by atoms with van der Waals surface area (Å²) >= 11 is 3.46. The third-order valence-corrected chi connectivity index (χ3v) is 3.56. The number of benzene rings is 1. The van der Waals surface area contributed by atoms with Crippen LogP contribution in [0.2, 0.25) is 0 Å². The third-order valence-electron chi connectivity index (χ3n) is 2.67. The van der Waals surface area contributed by atoms with Crippen molar-refractivity contribution in [2.24, 2.45) is 0 Å². The molecule has 19 heavy (non-hydrogen) atoms. The van der Waals surface area contributed by atoms with Crippen LogP contribution in [0.3, 0.4) is 0 Å². The lowest BCUT2D eigenvalue weighted by atomic mass is 10.2. The van der Waals surface area contributed by atoms with E-state index in [4.69, 9.17) is 9.26 Å². The molecule has 1 aromatic carbocycles. The van der Waals surface area contributed by atoms with Gasteiger partial charge in [-0.2, -0.15) is 0 Å². The monoisotopic (exact) mass is 324 g/mol. The summed E-state index contributed by atoms with van der Waals surface area (Å²) in [5.74, 6) is 1.55. The number of hydrogen-bond donors (Lipinski definition) is 1. The third kappa shape index (κ3) is 4.08. The second-order valence-electron chi connectivity index (χ2n) is 4.26. The highest BCUT2D eigenvalue weighted by Crippen LogP contribution is 2.22. The molecule has 2 aromatic rings. The highest BCUT2D eigenvalue weighted by atomic mass is 79.9. The van der Waals surface area contributed by atoms with E-state index in [0.29, 0.717) is 6.61 Å². The van der Waals surface area contributed by atoms with E-state index < -0.39 is 0 Å². The molecular weight excluding hydrogens is 308 g/mol. The van der Waals surface area contributed by atoms with Crippen LogP contribution in [0.1, 0.15) is 23.9 Å². The van der Waals surface area contributed by atoms with Crippen LogP contribution in [-0.4, -0.2) is 11.7 Å². The minimum absolute atomic E-state index is 0.389. The van der Waals surface area contributed by atoms with Gasteiger partial charge in [-0.25, -0.2) is 0 Å². The average Bonchev–Trinajstić information content (AvgIpc) is 2.86. The Bertz CT molecular complexity index is 540. The lowest BCUT2D eigenvalue weighted by Gasteiger charge is -2.05. The molecule has 0 fully saturated rings. The van der Waals surface area contributed by atoms with E-state index in [0.717, 1.165) is 40.3 Å². The summed E-state index contributed by atoms with van der Waals surface area (Å²) in [5.41, 5.74) is 2.04. The smallest absolute Gasteiger partial charge is 0.174 e. The van der Waals surface area contributed by atoms with E-state index in [9.17, 15) is 0 Å². The molecule has 0 radical (unpaired) electrons. The van der Waals surface area contributed by atoms with Crippen LogP contribution in [0.5, 0.6) is 5.75 Å². The van der Waals surface area contributed by atoms with Gasteiger partial charge in [-0.1, -0.05) is 28.0 Å². The Balaban J connectivity index is 1.91. The average molecular weight is 325 g/mol. The van der Waals surface area contributed by atoms with Crippen molar-refractivity contribution in [2.45, 2.75) is 27.0 Å². The summed E-state index contributed by atoms with van der Waals surface area (Å²) in [7, 11) is 0. The predicted octanol–water partition coefficient (Wildman–Crippen LogP) is 3.43. The zero-order chi connectivity index (χ0) is 13.7. The largest absolute Gasteiger partial charge is 0.486 e. The van der Waals surface area contributed by atoms with Gasteiger partial charge in [0.2, 0.25) is 0 Å². The Morgan fingerprint density at radius 1 is 1.37 bits per heavy atom. The van der Waals surface area contributed by atoms with Gasteiger partial charge in [-0.15, -0.1) is 0 Å². The van der Waals surface area contributed by atoms with Crippen molar-refractivity contribution in [1.29, 1.82) is 0 Å². The number of ether oxygens (including phenoxy) is 1. The van der Waals surface area contributed by atoms with E-state index in [1.807, 2.05) is 31.2 Å². The zero-order valence-corrected chi connectivity index (χ0v) is 12.7. The Kier molecular flexibility index (Phi) is 4.99. The summed E-state index contributed by atoms with van der Waals surface area (Å²) in [5, 5.41) is 7.17. The van der Waals surface area contributed by atoms with E-state index in [2.05, 4.69) is 33.3 Å². The van der Waals surface area contributed by atoms with Crippen molar-refractivity contribution in [3.63, 3.8) is 0 Å². The topological polar surface area (TPSA) is 47.3 Å². The quantitative estimate of drug-likeness (QED) is 0.884. The van der Waals surface area contributed by atoms with E-state index >= 15 is 0 Å². The molecular formula is C14H17BrN2O2. The summed E-state index contributed by atoms with van der Waals surface area (Å²) in [6, 6.07) is 7.79. The highest BCUT2D eigenvalue weighted by Gasteiger charge is 2.05. The molecule has 0 unspecified atom stereocenters. The Morgan fingerprint density at radius 3 is 2.95 bits per heavy atom. The van der Waals surface area contributed by atoms with Gasteiger partial charge in [0.05, 0.1) is 5.69 Å². The van der Waals surface area contributed by atoms with Gasteiger partial charge >= 0.3 is 0 Å². The van der Waals surface area contributed by atoms with E-state index in [1.165, 1.54) is 0 Å². The maximum atomic E-state index is 5.67. The Morgan fingerprint density at radius 2 is 2.21 bits per heavy atom. The molecule has 0 atom stereocenters. The number of rotatable bonds is 6. The van der Waals surface area contributed by atoms with Crippen LogP contribution in [-0.2, 0) is 13.2 Å². The molecule has 0 aliphatic heterocycles. The fourth-order valence-corrected chi connectivity index (χ4v) is 1.87. The van der Waals surface area contributed by atoms with Gasteiger partial charge in [0.15, 0.2) is 5.76 Å². The predicted molar refractivity (Wildman–Crippen MR) is 77.1 cm³/mol. The molecule has 0 saturated heterocycles. The van der Waals surface area contributed by atoms with Crippen LogP contribution in [0.15, 0.2) is 33.3 Å². The first-order valence-corrected chi connectivity index (χ1v) is 7.02. The van der Waals surface area contributed by atoms with Crippen LogP contribution in [0, 0.1) is 6.92 Å².